The maximum atomic E-state index is 11.7. The zero-order valence-corrected chi connectivity index (χ0v) is 9.96. The fraction of sp³-hybridized carbons (Fsp3) is 0.900. The van der Waals surface area contributed by atoms with Gasteiger partial charge in [-0.05, 0) is 26.2 Å². The van der Waals surface area contributed by atoms with E-state index in [0.717, 1.165) is 19.4 Å². The minimum atomic E-state index is -1.21. The highest BCUT2D eigenvalue weighted by Gasteiger charge is 2.23. The Morgan fingerprint density at radius 3 is 2.87 bits per heavy atom. The summed E-state index contributed by atoms with van der Waals surface area (Å²) in [5.74, 6) is 0.229. The van der Waals surface area contributed by atoms with Crippen molar-refractivity contribution in [2.75, 3.05) is 24.7 Å². The van der Waals surface area contributed by atoms with Crippen LogP contribution in [0.15, 0.2) is 0 Å². The molecule has 0 radical (unpaired) electrons. The molecule has 0 saturated carbocycles. The van der Waals surface area contributed by atoms with Gasteiger partial charge in [0.05, 0.1) is 6.61 Å². The Morgan fingerprint density at radius 2 is 2.27 bits per heavy atom. The Balaban J connectivity index is 2.41. The maximum absolute atomic E-state index is 11.7. The molecule has 0 aromatic rings. The van der Waals surface area contributed by atoms with Gasteiger partial charge in [0.2, 0.25) is 5.91 Å². The van der Waals surface area contributed by atoms with E-state index in [2.05, 4.69) is 0 Å². The Hall–Kier alpha value is -0.420. The first kappa shape index (κ1) is 12.6. The summed E-state index contributed by atoms with van der Waals surface area (Å²) in [6, 6.07) is 0.275. The first-order chi connectivity index (χ1) is 7.15. The number of likely N-dealkylation sites (tertiary alicyclic amines) is 1. The quantitative estimate of drug-likeness (QED) is 0.751. The van der Waals surface area contributed by atoms with Crippen molar-refractivity contribution >= 4 is 16.7 Å². The van der Waals surface area contributed by atoms with Crippen LogP contribution in [0.5, 0.6) is 0 Å². The fourth-order valence-electron chi connectivity index (χ4n) is 1.86. The second-order valence-electron chi connectivity index (χ2n) is 3.94. The third-order valence-electron chi connectivity index (χ3n) is 2.73. The van der Waals surface area contributed by atoms with Crippen LogP contribution in [0.25, 0.3) is 0 Å². The van der Waals surface area contributed by atoms with E-state index in [1.807, 2.05) is 11.8 Å². The van der Waals surface area contributed by atoms with Gasteiger partial charge in [0.15, 0.2) is 0 Å². The molecule has 5 heteroatoms. The second kappa shape index (κ2) is 6.23. The van der Waals surface area contributed by atoms with E-state index >= 15 is 0 Å². The number of carbonyl (C=O) groups excluding carboxylic acids is 1. The molecule has 0 aliphatic carbocycles. The monoisotopic (exact) mass is 233 g/mol. The van der Waals surface area contributed by atoms with Crippen LogP contribution in [0.1, 0.15) is 26.2 Å². The van der Waals surface area contributed by atoms with Gasteiger partial charge in [-0.3, -0.25) is 9.00 Å². The van der Waals surface area contributed by atoms with Crippen molar-refractivity contribution in [2.45, 2.75) is 32.2 Å². The highest BCUT2D eigenvalue weighted by atomic mass is 32.2. The number of piperidine rings is 1. The summed E-state index contributed by atoms with van der Waals surface area (Å²) < 4.78 is 11.3. The van der Waals surface area contributed by atoms with Gasteiger partial charge >= 0.3 is 0 Å². The average Bonchev–Trinajstić information content (AvgIpc) is 2.18. The summed E-state index contributed by atoms with van der Waals surface area (Å²) in [6.07, 6.45) is 3.26. The van der Waals surface area contributed by atoms with Crippen LogP contribution in [-0.4, -0.2) is 50.8 Å². The molecule has 0 bridgehead atoms. The number of rotatable bonds is 4. The lowest BCUT2D eigenvalue weighted by Crippen LogP contribution is -2.44. The molecule has 0 aromatic carbocycles. The lowest BCUT2D eigenvalue weighted by atomic mass is 10.0. The van der Waals surface area contributed by atoms with E-state index in [1.165, 1.54) is 6.42 Å². The van der Waals surface area contributed by atoms with E-state index < -0.39 is 10.8 Å². The van der Waals surface area contributed by atoms with E-state index in [-0.39, 0.29) is 30.1 Å². The van der Waals surface area contributed by atoms with Crippen LogP contribution in [0.3, 0.4) is 0 Å². The van der Waals surface area contributed by atoms with Crippen molar-refractivity contribution < 1.29 is 14.1 Å². The molecule has 0 aromatic heterocycles. The molecule has 1 N–H and O–H groups in total. The SMILES string of the molecule is CC1CCCCN1C(=O)CS(=O)CCO. The Morgan fingerprint density at radius 1 is 1.53 bits per heavy atom. The molecule has 1 rings (SSSR count). The predicted octanol–water partition coefficient (Wildman–Crippen LogP) is 0.128. The van der Waals surface area contributed by atoms with Crippen molar-refractivity contribution in [3.8, 4) is 0 Å². The number of nitrogens with zero attached hydrogens (tertiary/aromatic N) is 1. The highest BCUT2D eigenvalue weighted by molar-refractivity contribution is 7.85. The zero-order chi connectivity index (χ0) is 11.3. The van der Waals surface area contributed by atoms with Crippen molar-refractivity contribution in [3.05, 3.63) is 0 Å². The Labute approximate surface area is 93.1 Å². The smallest absolute Gasteiger partial charge is 0.235 e. The zero-order valence-electron chi connectivity index (χ0n) is 9.15. The van der Waals surface area contributed by atoms with Gasteiger partial charge in [-0.1, -0.05) is 0 Å². The molecule has 1 aliphatic rings. The minimum Gasteiger partial charge on any atom is -0.395 e. The molecule has 15 heavy (non-hydrogen) atoms. The Bertz CT molecular complexity index is 245. The number of hydrogen-bond donors (Lipinski definition) is 1. The first-order valence-corrected chi connectivity index (χ1v) is 6.89. The molecular formula is C10H19NO3S. The summed E-state index contributed by atoms with van der Waals surface area (Å²) in [5, 5.41) is 8.59. The lowest BCUT2D eigenvalue weighted by molar-refractivity contribution is -0.131. The molecule has 2 unspecified atom stereocenters. The van der Waals surface area contributed by atoms with Gasteiger partial charge in [0.25, 0.3) is 0 Å². The molecule has 0 spiro atoms. The molecule has 1 amide bonds. The summed E-state index contributed by atoms with van der Waals surface area (Å²) >= 11 is 0. The standard InChI is InChI=1S/C10H19NO3S/c1-9-4-2-3-5-11(9)10(13)8-15(14)7-6-12/h9,12H,2-8H2,1H3. The molecule has 4 nitrogen and oxygen atoms in total. The van der Waals surface area contributed by atoms with Gasteiger partial charge in [-0.2, -0.15) is 0 Å². The van der Waals surface area contributed by atoms with Gasteiger partial charge in [-0.15, -0.1) is 0 Å². The van der Waals surface area contributed by atoms with E-state index in [1.54, 1.807) is 0 Å². The van der Waals surface area contributed by atoms with Crippen LogP contribution in [0.4, 0.5) is 0 Å². The second-order valence-corrected chi connectivity index (χ2v) is 5.52. The summed E-state index contributed by atoms with van der Waals surface area (Å²) in [7, 11) is -1.21. The largest absolute Gasteiger partial charge is 0.395 e. The minimum absolute atomic E-state index is 0.0333. The molecule has 1 fully saturated rings. The Kier molecular flexibility index (Phi) is 5.25. The van der Waals surface area contributed by atoms with Crippen LogP contribution < -0.4 is 0 Å². The van der Waals surface area contributed by atoms with Crippen LogP contribution in [0.2, 0.25) is 0 Å². The van der Waals surface area contributed by atoms with Gasteiger partial charge in [-0.25, -0.2) is 0 Å². The fourth-order valence-corrected chi connectivity index (χ4v) is 2.65. The van der Waals surface area contributed by atoms with E-state index in [4.69, 9.17) is 5.11 Å². The maximum Gasteiger partial charge on any atom is 0.235 e. The van der Waals surface area contributed by atoms with Crippen molar-refractivity contribution in [2.24, 2.45) is 0 Å². The summed E-state index contributed by atoms with van der Waals surface area (Å²) in [4.78, 5) is 13.6. The average molecular weight is 233 g/mol. The van der Waals surface area contributed by atoms with Crippen LogP contribution in [-0.2, 0) is 15.6 Å². The topological polar surface area (TPSA) is 57.6 Å². The van der Waals surface area contributed by atoms with Gasteiger partial charge < -0.3 is 10.0 Å². The predicted molar refractivity (Wildman–Crippen MR) is 60.0 cm³/mol. The highest BCUT2D eigenvalue weighted by Crippen LogP contribution is 2.16. The summed E-state index contributed by atoms with van der Waals surface area (Å²) in [6.45, 7) is 2.71. The molecule has 88 valence electrons. The third kappa shape index (κ3) is 3.91. The number of hydrogen-bond acceptors (Lipinski definition) is 3. The van der Waals surface area contributed by atoms with Crippen LogP contribution in [0, 0.1) is 0 Å². The number of aliphatic hydroxyl groups is 1. The van der Waals surface area contributed by atoms with E-state index in [0.29, 0.717) is 0 Å². The molecule has 1 aliphatic heterocycles. The molecule has 1 saturated heterocycles. The molecule has 2 atom stereocenters. The molecular weight excluding hydrogens is 214 g/mol. The van der Waals surface area contributed by atoms with Gasteiger partial charge in [0.1, 0.15) is 5.75 Å². The van der Waals surface area contributed by atoms with Crippen LogP contribution >= 0.6 is 0 Å². The van der Waals surface area contributed by atoms with Crippen molar-refractivity contribution in [1.29, 1.82) is 0 Å². The number of aliphatic hydroxyl groups excluding tert-OH is 1. The third-order valence-corrected chi connectivity index (χ3v) is 3.93. The van der Waals surface area contributed by atoms with Crippen molar-refractivity contribution in [1.82, 2.24) is 4.90 Å². The first-order valence-electron chi connectivity index (χ1n) is 5.40. The summed E-state index contributed by atoms with van der Waals surface area (Å²) in [5.41, 5.74) is 0. The normalized spacial score (nSPS) is 23.9. The number of amides is 1. The lowest BCUT2D eigenvalue weighted by Gasteiger charge is -2.33. The van der Waals surface area contributed by atoms with Gasteiger partial charge in [0, 0.05) is 29.1 Å². The molecule has 1 heterocycles. The van der Waals surface area contributed by atoms with Crippen molar-refractivity contribution in [3.63, 3.8) is 0 Å². The number of carbonyl (C=O) groups is 1. The van der Waals surface area contributed by atoms with E-state index in [9.17, 15) is 9.00 Å².